The number of aryl methyl sites for hydroxylation is 1. The quantitative estimate of drug-likeness (QED) is 0.486. The molecule has 0 spiro atoms. The third-order valence-electron chi connectivity index (χ3n) is 5.79. The highest BCUT2D eigenvalue weighted by atomic mass is 19.2. The minimum atomic E-state index is -0.751. The second kappa shape index (κ2) is 8.62. The van der Waals surface area contributed by atoms with Crippen molar-refractivity contribution in [1.29, 1.82) is 0 Å². The number of benzene rings is 2. The van der Waals surface area contributed by atoms with E-state index >= 15 is 0 Å². The van der Waals surface area contributed by atoms with Crippen molar-refractivity contribution < 1.29 is 8.78 Å². The summed E-state index contributed by atoms with van der Waals surface area (Å²) in [5.74, 6) is -0.0461. The Morgan fingerprint density at radius 3 is 2.27 bits per heavy atom. The lowest BCUT2D eigenvalue weighted by Crippen LogP contribution is -2.13. The van der Waals surface area contributed by atoms with Crippen molar-refractivity contribution in [2.75, 3.05) is 0 Å². The van der Waals surface area contributed by atoms with Crippen molar-refractivity contribution in [3.8, 4) is 11.1 Å². The van der Waals surface area contributed by atoms with Gasteiger partial charge >= 0.3 is 0 Å². The highest BCUT2D eigenvalue weighted by molar-refractivity contribution is 5.65. The van der Waals surface area contributed by atoms with E-state index in [2.05, 4.69) is 31.2 Å². The van der Waals surface area contributed by atoms with Crippen LogP contribution in [0.4, 0.5) is 8.78 Å². The molecule has 0 heterocycles. The summed E-state index contributed by atoms with van der Waals surface area (Å²) in [6.45, 7) is 3.66. The van der Waals surface area contributed by atoms with Gasteiger partial charge in [-0.3, -0.25) is 0 Å². The van der Waals surface area contributed by atoms with Gasteiger partial charge in [-0.05, 0) is 80.9 Å². The lowest BCUT2D eigenvalue weighted by molar-refractivity contribution is 0.312. The van der Waals surface area contributed by atoms with Crippen LogP contribution in [0.1, 0.15) is 62.5 Å². The highest BCUT2D eigenvalue weighted by Crippen LogP contribution is 2.38. The molecule has 0 unspecified atom stereocenters. The maximum atomic E-state index is 14.2. The van der Waals surface area contributed by atoms with Crippen LogP contribution in [0.3, 0.4) is 0 Å². The third kappa shape index (κ3) is 4.23. The van der Waals surface area contributed by atoms with Gasteiger partial charge in [-0.15, -0.1) is 0 Å². The molecule has 26 heavy (non-hydrogen) atoms. The van der Waals surface area contributed by atoms with Crippen LogP contribution >= 0.6 is 0 Å². The van der Waals surface area contributed by atoms with Crippen molar-refractivity contribution in [3.05, 3.63) is 71.3 Å². The summed E-state index contributed by atoms with van der Waals surface area (Å²) in [6, 6.07) is 11.4. The molecule has 1 saturated carbocycles. The molecule has 1 aliphatic carbocycles. The molecule has 0 N–H and O–H groups in total. The first-order valence-corrected chi connectivity index (χ1v) is 9.76. The zero-order chi connectivity index (χ0) is 18.5. The van der Waals surface area contributed by atoms with E-state index in [-0.39, 0.29) is 0 Å². The minimum Gasteiger partial charge on any atom is -0.203 e. The van der Waals surface area contributed by atoms with Gasteiger partial charge in [0.2, 0.25) is 0 Å². The summed E-state index contributed by atoms with van der Waals surface area (Å²) in [4.78, 5) is 0. The Kier molecular flexibility index (Phi) is 6.24. The van der Waals surface area contributed by atoms with Gasteiger partial charge < -0.3 is 0 Å². The molecule has 1 aliphatic rings. The van der Waals surface area contributed by atoms with E-state index < -0.39 is 11.6 Å². The summed E-state index contributed by atoms with van der Waals surface area (Å²) in [7, 11) is 0. The highest BCUT2D eigenvalue weighted by Gasteiger charge is 2.22. The molecule has 2 aromatic carbocycles. The van der Waals surface area contributed by atoms with Crippen molar-refractivity contribution in [2.24, 2.45) is 5.92 Å². The summed E-state index contributed by atoms with van der Waals surface area (Å²) in [5.41, 5.74) is 2.75. The first-order chi connectivity index (χ1) is 12.6. The maximum absolute atomic E-state index is 14.2. The average Bonchev–Trinajstić information content (AvgIpc) is 2.67. The summed E-state index contributed by atoms with van der Waals surface area (Å²) < 4.78 is 28.0. The van der Waals surface area contributed by atoms with Gasteiger partial charge in [0.15, 0.2) is 11.6 Å². The van der Waals surface area contributed by atoms with Gasteiger partial charge in [0.05, 0.1) is 0 Å². The SMILES string of the molecule is C/C=C/CCC1CCC(c2ccc(-c3ccc(C)c(F)c3F)cc2)CC1. The lowest BCUT2D eigenvalue weighted by Gasteiger charge is -2.28. The molecule has 138 valence electrons. The molecule has 0 amide bonds. The van der Waals surface area contributed by atoms with E-state index in [4.69, 9.17) is 0 Å². The normalized spacial score (nSPS) is 20.6. The summed E-state index contributed by atoms with van der Waals surface area (Å²) >= 11 is 0. The van der Waals surface area contributed by atoms with E-state index in [1.54, 1.807) is 19.1 Å². The van der Waals surface area contributed by atoms with Crippen LogP contribution in [0.15, 0.2) is 48.6 Å². The number of hydrogen-bond acceptors (Lipinski definition) is 0. The zero-order valence-electron chi connectivity index (χ0n) is 15.8. The van der Waals surface area contributed by atoms with Crippen molar-refractivity contribution in [2.45, 2.75) is 58.3 Å². The van der Waals surface area contributed by atoms with Gasteiger partial charge in [0.1, 0.15) is 0 Å². The Bertz CT molecular complexity index is 751. The lowest BCUT2D eigenvalue weighted by atomic mass is 9.77. The second-order valence-electron chi connectivity index (χ2n) is 7.54. The topological polar surface area (TPSA) is 0 Å². The number of halogens is 2. The standard InChI is InChI=1S/C24H28F2/c1-3-4-5-6-18-8-10-19(11-9-18)20-12-14-21(15-13-20)22-16-7-17(2)23(25)24(22)26/h3-4,7,12-16,18-19H,5-6,8-11H2,1-2H3/b4-3+. The van der Waals surface area contributed by atoms with E-state index in [9.17, 15) is 8.78 Å². The van der Waals surface area contributed by atoms with Gasteiger partial charge in [-0.25, -0.2) is 8.78 Å². The van der Waals surface area contributed by atoms with Crippen LogP contribution < -0.4 is 0 Å². The van der Waals surface area contributed by atoms with Crippen molar-refractivity contribution >= 4 is 0 Å². The number of rotatable bonds is 5. The predicted octanol–water partition coefficient (Wildman–Crippen LogP) is 7.57. The van der Waals surface area contributed by atoms with Crippen LogP contribution in [0.2, 0.25) is 0 Å². The molecule has 0 aliphatic heterocycles. The van der Waals surface area contributed by atoms with Crippen LogP contribution in [-0.4, -0.2) is 0 Å². The molecule has 3 rings (SSSR count). The second-order valence-corrected chi connectivity index (χ2v) is 7.54. The Balaban J connectivity index is 1.65. The van der Waals surface area contributed by atoms with Gasteiger partial charge in [0.25, 0.3) is 0 Å². The first kappa shape index (κ1) is 18.8. The molecule has 0 saturated heterocycles. The molecule has 0 aromatic heterocycles. The zero-order valence-corrected chi connectivity index (χ0v) is 15.8. The Hall–Kier alpha value is -1.96. The van der Waals surface area contributed by atoms with Crippen LogP contribution in [0.25, 0.3) is 11.1 Å². The number of hydrogen-bond donors (Lipinski definition) is 0. The van der Waals surface area contributed by atoms with Crippen LogP contribution in [0, 0.1) is 24.5 Å². The van der Waals surface area contributed by atoms with Gasteiger partial charge in [-0.2, -0.15) is 0 Å². The molecule has 0 bridgehead atoms. The fourth-order valence-electron chi connectivity index (χ4n) is 4.09. The Labute approximate surface area is 156 Å². The molecule has 1 fully saturated rings. The molecule has 0 nitrogen and oxygen atoms in total. The predicted molar refractivity (Wildman–Crippen MR) is 105 cm³/mol. The minimum absolute atomic E-state index is 0.340. The van der Waals surface area contributed by atoms with E-state index in [0.717, 1.165) is 11.5 Å². The molecular formula is C24H28F2. The average molecular weight is 354 g/mol. The van der Waals surface area contributed by atoms with Gasteiger partial charge in [0, 0.05) is 5.56 Å². The van der Waals surface area contributed by atoms with Crippen molar-refractivity contribution in [3.63, 3.8) is 0 Å². The van der Waals surface area contributed by atoms with Crippen LogP contribution in [-0.2, 0) is 0 Å². The summed E-state index contributed by atoms with van der Waals surface area (Å²) in [5, 5.41) is 0. The van der Waals surface area contributed by atoms with Crippen LogP contribution in [0.5, 0.6) is 0 Å². The van der Waals surface area contributed by atoms with E-state index in [1.807, 2.05) is 12.1 Å². The monoisotopic (exact) mass is 354 g/mol. The maximum Gasteiger partial charge on any atom is 0.166 e. The number of allylic oxidation sites excluding steroid dienone is 2. The molecule has 0 radical (unpaired) electrons. The molecule has 2 aromatic rings. The third-order valence-corrected chi connectivity index (χ3v) is 5.79. The fourth-order valence-corrected chi connectivity index (χ4v) is 4.09. The largest absolute Gasteiger partial charge is 0.203 e. The van der Waals surface area contributed by atoms with Crippen molar-refractivity contribution in [1.82, 2.24) is 0 Å². The Morgan fingerprint density at radius 1 is 0.923 bits per heavy atom. The smallest absolute Gasteiger partial charge is 0.166 e. The first-order valence-electron chi connectivity index (χ1n) is 9.76. The molecule has 0 atom stereocenters. The molecular weight excluding hydrogens is 326 g/mol. The van der Waals surface area contributed by atoms with E-state index in [1.165, 1.54) is 44.1 Å². The van der Waals surface area contributed by atoms with Gasteiger partial charge in [-0.1, -0.05) is 48.6 Å². The fraction of sp³-hybridized carbons (Fsp3) is 0.417. The summed E-state index contributed by atoms with van der Waals surface area (Å²) in [6.07, 6.45) is 11.9. The Morgan fingerprint density at radius 2 is 1.62 bits per heavy atom. The van der Waals surface area contributed by atoms with E-state index in [0.29, 0.717) is 17.0 Å². The molecule has 2 heteroatoms.